The number of aryl methyl sites for hydroxylation is 1. The van der Waals surface area contributed by atoms with Crippen molar-refractivity contribution in [1.29, 1.82) is 0 Å². The number of amides is 1. The number of nitrogens with zero attached hydrogens (tertiary/aromatic N) is 2. The third-order valence-electron chi connectivity index (χ3n) is 3.30. The van der Waals surface area contributed by atoms with E-state index in [2.05, 4.69) is 20.4 Å². The smallest absolute Gasteiger partial charge is 0.258 e. The van der Waals surface area contributed by atoms with E-state index in [1.54, 1.807) is 25.1 Å². The molecule has 0 unspecified atom stereocenters. The summed E-state index contributed by atoms with van der Waals surface area (Å²) >= 11 is 0. The molecule has 0 aliphatic carbocycles. The molecule has 2 heterocycles. The van der Waals surface area contributed by atoms with Crippen molar-refractivity contribution in [3.63, 3.8) is 0 Å². The van der Waals surface area contributed by atoms with Gasteiger partial charge in [-0.3, -0.25) is 9.59 Å². The van der Waals surface area contributed by atoms with E-state index in [0.717, 1.165) is 0 Å². The van der Waals surface area contributed by atoms with Gasteiger partial charge in [0.15, 0.2) is 0 Å². The number of nitrogens with one attached hydrogen (secondary N) is 2. The molecule has 0 aliphatic rings. The minimum Gasteiger partial charge on any atom is -0.361 e. The highest BCUT2D eigenvalue weighted by molar-refractivity contribution is 5.94. The van der Waals surface area contributed by atoms with Crippen LogP contribution < -0.4 is 10.9 Å². The number of hydrogen-bond acceptors (Lipinski definition) is 5. The number of para-hydroxylation sites is 1. The number of aromatic amines is 1. The van der Waals surface area contributed by atoms with Crippen LogP contribution in [-0.4, -0.2) is 27.6 Å². The molecule has 1 aromatic carbocycles. The van der Waals surface area contributed by atoms with Gasteiger partial charge >= 0.3 is 0 Å². The fourth-order valence-electron chi connectivity index (χ4n) is 2.16. The van der Waals surface area contributed by atoms with Crippen LogP contribution in [0.3, 0.4) is 0 Å². The minimum atomic E-state index is -0.262. The van der Waals surface area contributed by atoms with Crippen molar-refractivity contribution >= 4 is 16.8 Å². The molecule has 1 amide bonds. The quantitative estimate of drug-likeness (QED) is 0.753. The van der Waals surface area contributed by atoms with Crippen LogP contribution in [0.2, 0.25) is 0 Å². The number of aromatic nitrogens is 3. The Hall–Kier alpha value is -2.96. The summed E-state index contributed by atoms with van der Waals surface area (Å²) in [7, 11) is 0. The summed E-state index contributed by atoms with van der Waals surface area (Å²) in [4.78, 5) is 30.9. The second-order valence-corrected chi connectivity index (χ2v) is 4.83. The molecule has 112 valence electrons. The molecule has 22 heavy (non-hydrogen) atoms. The van der Waals surface area contributed by atoms with Crippen molar-refractivity contribution in [3.05, 3.63) is 58.0 Å². The van der Waals surface area contributed by atoms with Gasteiger partial charge in [-0.25, -0.2) is 4.98 Å². The van der Waals surface area contributed by atoms with Gasteiger partial charge in [0, 0.05) is 13.0 Å². The first-order valence-corrected chi connectivity index (χ1v) is 6.82. The van der Waals surface area contributed by atoms with Crippen LogP contribution in [0.15, 0.2) is 39.8 Å². The summed E-state index contributed by atoms with van der Waals surface area (Å²) < 4.78 is 4.84. The molecular formula is C15H14N4O3. The lowest BCUT2D eigenvalue weighted by Gasteiger charge is -2.05. The largest absolute Gasteiger partial charge is 0.361 e. The lowest BCUT2D eigenvalue weighted by Crippen LogP contribution is -2.27. The Labute approximate surface area is 125 Å². The Morgan fingerprint density at radius 2 is 2.18 bits per heavy atom. The fraction of sp³-hybridized carbons (Fsp3) is 0.200. The van der Waals surface area contributed by atoms with Gasteiger partial charge in [0.25, 0.3) is 11.5 Å². The maximum absolute atomic E-state index is 11.9. The van der Waals surface area contributed by atoms with Crippen LogP contribution >= 0.6 is 0 Å². The summed E-state index contributed by atoms with van der Waals surface area (Å²) in [5.74, 6) is 0.739. The van der Waals surface area contributed by atoms with Gasteiger partial charge in [0.1, 0.15) is 17.1 Å². The monoisotopic (exact) mass is 298 g/mol. The van der Waals surface area contributed by atoms with Crippen LogP contribution in [0.25, 0.3) is 10.9 Å². The van der Waals surface area contributed by atoms with E-state index in [9.17, 15) is 9.59 Å². The van der Waals surface area contributed by atoms with Crippen LogP contribution in [0, 0.1) is 6.92 Å². The van der Waals surface area contributed by atoms with E-state index in [-0.39, 0.29) is 11.5 Å². The Balaban J connectivity index is 1.68. The maximum atomic E-state index is 11.9. The molecule has 0 fully saturated rings. The lowest BCUT2D eigenvalue weighted by atomic mass is 10.2. The number of fused-ring (bicyclic) bond motifs is 1. The second-order valence-electron chi connectivity index (χ2n) is 4.83. The van der Waals surface area contributed by atoms with Gasteiger partial charge in [0.05, 0.1) is 17.1 Å². The summed E-state index contributed by atoms with van der Waals surface area (Å²) in [6.45, 7) is 2.02. The molecular weight excluding hydrogens is 284 g/mol. The molecule has 7 heteroatoms. The molecule has 0 saturated carbocycles. The van der Waals surface area contributed by atoms with Crippen molar-refractivity contribution in [2.45, 2.75) is 13.3 Å². The van der Waals surface area contributed by atoms with Gasteiger partial charge in [-0.15, -0.1) is 0 Å². The van der Waals surface area contributed by atoms with E-state index in [1.807, 2.05) is 6.07 Å². The SMILES string of the molecule is Cc1oncc1C(=O)NCCc1nc2ccccc2c(=O)[nH]1. The molecule has 0 bridgehead atoms. The average molecular weight is 298 g/mol. The Kier molecular flexibility index (Phi) is 3.69. The third-order valence-corrected chi connectivity index (χ3v) is 3.30. The highest BCUT2D eigenvalue weighted by Crippen LogP contribution is 2.07. The van der Waals surface area contributed by atoms with E-state index in [1.165, 1.54) is 6.20 Å². The molecule has 3 rings (SSSR count). The van der Waals surface area contributed by atoms with Crippen molar-refractivity contribution < 1.29 is 9.32 Å². The van der Waals surface area contributed by atoms with Gasteiger partial charge in [-0.2, -0.15) is 0 Å². The zero-order valence-corrected chi connectivity index (χ0v) is 11.9. The van der Waals surface area contributed by atoms with Gasteiger partial charge in [-0.1, -0.05) is 17.3 Å². The average Bonchev–Trinajstić information content (AvgIpc) is 2.93. The number of benzene rings is 1. The number of rotatable bonds is 4. The molecule has 0 atom stereocenters. The predicted molar refractivity (Wildman–Crippen MR) is 79.6 cm³/mol. The van der Waals surface area contributed by atoms with E-state index in [0.29, 0.717) is 41.0 Å². The Morgan fingerprint density at radius 1 is 1.36 bits per heavy atom. The first kappa shape index (κ1) is 14.0. The summed E-state index contributed by atoms with van der Waals surface area (Å²) in [5, 5.41) is 6.85. The molecule has 0 saturated heterocycles. The maximum Gasteiger partial charge on any atom is 0.258 e. The Bertz CT molecular complexity index is 882. The standard InChI is InChI=1S/C15H14N4O3/c1-9-11(8-17-22-9)14(20)16-7-6-13-18-12-5-3-2-4-10(12)15(21)19-13/h2-5,8H,6-7H2,1H3,(H,16,20)(H,18,19,21). The van der Waals surface area contributed by atoms with Gasteiger partial charge in [0.2, 0.25) is 0 Å². The molecule has 0 aliphatic heterocycles. The second kappa shape index (κ2) is 5.80. The summed E-state index contributed by atoms with van der Waals surface area (Å²) in [6.07, 6.45) is 1.80. The number of hydrogen-bond donors (Lipinski definition) is 2. The molecule has 2 aromatic heterocycles. The summed E-state index contributed by atoms with van der Waals surface area (Å²) in [5.41, 5.74) is 0.865. The zero-order chi connectivity index (χ0) is 15.5. The van der Waals surface area contributed by atoms with Crippen LogP contribution in [0.5, 0.6) is 0 Å². The third kappa shape index (κ3) is 2.73. The highest BCUT2D eigenvalue weighted by atomic mass is 16.5. The zero-order valence-electron chi connectivity index (χ0n) is 11.9. The van der Waals surface area contributed by atoms with Gasteiger partial charge in [-0.05, 0) is 19.1 Å². The van der Waals surface area contributed by atoms with E-state index in [4.69, 9.17) is 4.52 Å². The number of carbonyl (C=O) groups excluding carboxylic acids is 1. The first-order valence-electron chi connectivity index (χ1n) is 6.82. The van der Waals surface area contributed by atoms with Crippen LogP contribution in [0.4, 0.5) is 0 Å². The van der Waals surface area contributed by atoms with Crippen molar-refractivity contribution in [1.82, 2.24) is 20.4 Å². The van der Waals surface area contributed by atoms with Crippen LogP contribution in [-0.2, 0) is 6.42 Å². The highest BCUT2D eigenvalue weighted by Gasteiger charge is 2.12. The van der Waals surface area contributed by atoms with Gasteiger partial charge < -0.3 is 14.8 Å². The molecule has 0 spiro atoms. The first-order chi connectivity index (χ1) is 10.6. The molecule has 0 radical (unpaired) electrons. The van der Waals surface area contributed by atoms with Crippen molar-refractivity contribution in [2.75, 3.05) is 6.54 Å². The molecule has 3 aromatic rings. The number of H-pyrrole nitrogens is 1. The van der Waals surface area contributed by atoms with Crippen molar-refractivity contribution in [2.24, 2.45) is 0 Å². The van der Waals surface area contributed by atoms with Crippen molar-refractivity contribution in [3.8, 4) is 0 Å². The predicted octanol–water partition coefficient (Wildman–Crippen LogP) is 1.19. The minimum absolute atomic E-state index is 0.179. The fourth-order valence-corrected chi connectivity index (χ4v) is 2.16. The normalized spacial score (nSPS) is 10.8. The Morgan fingerprint density at radius 3 is 2.95 bits per heavy atom. The van der Waals surface area contributed by atoms with Crippen LogP contribution in [0.1, 0.15) is 21.9 Å². The van der Waals surface area contributed by atoms with E-state index < -0.39 is 0 Å². The lowest BCUT2D eigenvalue weighted by molar-refractivity contribution is 0.0952. The number of carbonyl (C=O) groups is 1. The molecule has 2 N–H and O–H groups in total. The molecule has 7 nitrogen and oxygen atoms in total. The topological polar surface area (TPSA) is 101 Å². The van der Waals surface area contributed by atoms with E-state index >= 15 is 0 Å². The summed E-state index contributed by atoms with van der Waals surface area (Å²) in [6, 6.07) is 7.13.